The van der Waals surface area contributed by atoms with E-state index in [4.69, 9.17) is 4.74 Å². The third-order valence-corrected chi connectivity index (χ3v) is 2.74. The molecule has 0 spiro atoms. The van der Waals surface area contributed by atoms with Crippen LogP contribution in [-0.2, 0) is 6.42 Å². The fraction of sp³-hybridized carbons (Fsp3) is 0.286. The summed E-state index contributed by atoms with van der Waals surface area (Å²) in [4.78, 5) is 0. The first kappa shape index (κ1) is 10.8. The van der Waals surface area contributed by atoms with Crippen molar-refractivity contribution in [1.29, 1.82) is 0 Å². The maximum absolute atomic E-state index is 10.1. The third-order valence-electron chi connectivity index (χ3n) is 2.74. The zero-order valence-corrected chi connectivity index (χ0v) is 9.66. The second-order valence-corrected chi connectivity index (χ2v) is 3.71. The van der Waals surface area contributed by atoms with E-state index in [9.17, 15) is 5.11 Å². The summed E-state index contributed by atoms with van der Waals surface area (Å²) in [6, 6.07) is 9.71. The van der Waals surface area contributed by atoms with Gasteiger partial charge in [0, 0.05) is 10.8 Å². The summed E-state index contributed by atoms with van der Waals surface area (Å²) in [6.45, 7) is 4.63. The monoisotopic (exact) mass is 216 g/mol. The molecule has 0 saturated carbocycles. The van der Waals surface area contributed by atoms with E-state index >= 15 is 0 Å². The van der Waals surface area contributed by atoms with Gasteiger partial charge in [0.15, 0.2) is 0 Å². The summed E-state index contributed by atoms with van der Waals surface area (Å²) in [5.41, 5.74) is 0.933. The molecule has 0 aliphatic heterocycles. The van der Waals surface area contributed by atoms with E-state index in [1.165, 1.54) is 0 Å². The Hall–Kier alpha value is -1.70. The Bertz CT molecular complexity index is 503. The highest BCUT2D eigenvalue weighted by Gasteiger charge is 2.10. The number of rotatable bonds is 3. The van der Waals surface area contributed by atoms with Crippen LogP contribution in [0.15, 0.2) is 30.3 Å². The first-order valence-corrected chi connectivity index (χ1v) is 5.64. The largest absolute Gasteiger partial charge is 0.507 e. The molecular weight excluding hydrogens is 200 g/mol. The minimum absolute atomic E-state index is 0.376. The van der Waals surface area contributed by atoms with Gasteiger partial charge >= 0.3 is 0 Å². The Morgan fingerprint density at radius 1 is 1.12 bits per heavy atom. The second-order valence-electron chi connectivity index (χ2n) is 3.71. The number of phenolic OH excluding ortho intramolecular Hbond substituents is 1. The molecule has 0 heterocycles. The van der Waals surface area contributed by atoms with Crippen LogP contribution in [0.3, 0.4) is 0 Å². The molecule has 0 aliphatic carbocycles. The second kappa shape index (κ2) is 4.44. The zero-order valence-electron chi connectivity index (χ0n) is 9.66. The van der Waals surface area contributed by atoms with Gasteiger partial charge in [0.25, 0.3) is 0 Å². The minimum Gasteiger partial charge on any atom is -0.507 e. The summed E-state index contributed by atoms with van der Waals surface area (Å²) >= 11 is 0. The van der Waals surface area contributed by atoms with Crippen LogP contribution in [-0.4, -0.2) is 11.7 Å². The molecule has 0 fully saturated rings. The number of fused-ring (bicyclic) bond motifs is 1. The lowest BCUT2D eigenvalue weighted by molar-refractivity contribution is 0.343. The van der Waals surface area contributed by atoms with Gasteiger partial charge in [0.1, 0.15) is 11.5 Å². The van der Waals surface area contributed by atoms with Crippen LogP contribution < -0.4 is 4.74 Å². The van der Waals surface area contributed by atoms with Crippen molar-refractivity contribution >= 4 is 10.8 Å². The van der Waals surface area contributed by atoms with E-state index in [1.807, 2.05) is 44.2 Å². The highest BCUT2D eigenvalue weighted by molar-refractivity contribution is 5.94. The van der Waals surface area contributed by atoms with Crippen LogP contribution in [0.2, 0.25) is 0 Å². The third kappa shape index (κ3) is 1.71. The van der Waals surface area contributed by atoms with Crippen LogP contribution in [0.25, 0.3) is 10.8 Å². The number of benzene rings is 2. The van der Waals surface area contributed by atoms with Crippen molar-refractivity contribution in [3.63, 3.8) is 0 Å². The summed E-state index contributed by atoms with van der Waals surface area (Å²) in [5, 5.41) is 11.9. The minimum atomic E-state index is 0.376. The molecule has 16 heavy (non-hydrogen) atoms. The first-order valence-electron chi connectivity index (χ1n) is 5.64. The molecule has 2 nitrogen and oxygen atoms in total. The molecule has 1 N–H and O–H groups in total. The summed E-state index contributed by atoms with van der Waals surface area (Å²) in [5.74, 6) is 1.23. The van der Waals surface area contributed by atoms with Gasteiger partial charge in [-0.05, 0) is 25.0 Å². The lowest BCUT2D eigenvalue weighted by atomic mass is 10.0. The Kier molecular flexibility index (Phi) is 3.00. The average Bonchev–Trinajstić information content (AvgIpc) is 2.33. The van der Waals surface area contributed by atoms with Gasteiger partial charge in [-0.15, -0.1) is 0 Å². The van der Waals surface area contributed by atoms with Gasteiger partial charge in [0.2, 0.25) is 0 Å². The van der Waals surface area contributed by atoms with Crippen molar-refractivity contribution in [3.05, 3.63) is 35.9 Å². The number of hydrogen-bond acceptors (Lipinski definition) is 2. The lowest BCUT2D eigenvalue weighted by Gasteiger charge is -2.12. The number of phenols is 1. The first-order chi connectivity index (χ1) is 7.77. The highest BCUT2D eigenvalue weighted by atomic mass is 16.5. The Morgan fingerprint density at radius 2 is 1.81 bits per heavy atom. The van der Waals surface area contributed by atoms with Crippen LogP contribution in [0, 0.1) is 0 Å². The molecule has 2 heteroatoms. The van der Waals surface area contributed by atoms with Crippen LogP contribution in [0.5, 0.6) is 11.5 Å². The lowest BCUT2D eigenvalue weighted by Crippen LogP contribution is -1.94. The molecule has 2 rings (SSSR count). The molecular formula is C14H16O2. The molecule has 2 aromatic carbocycles. The smallest absolute Gasteiger partial charge is 0.127 e. The summed E-state index contributed by atoms with van der Waals surface area (Å²) in [7, 11) is 0. The van der Waals surface area contributed by atoms with Crippen molar-refractivity contribution < 1.29 is 9.84 Å². The maximum Gasteiger partial charge on any atom is 0.127 e. The average molecular weight is 216 g/mol. The highest BCUT2D eigenvalue weighted by Crippen LogP contribution is 2.36. The van der Waals surface area contributed by atoms with Gasteiger partial charge < -0.3 is 9.84 Å². The van der Waals surface area contributed by atoms with E-state index in [0.717, 1.165) is 28.5 Å². The number of aromatic hydroxyl groups is 1. The van der Waals surface area contributed by atoms with Gasteiger partial charge in [-0.3, -0.25) is 0 Å². The van der Waals surface area contributed by atoms with E-state index < -0.39 is 0 Å². The molecule has 0 atom stereocenters. The van der Waals surface area contributed by atoms with Gasteiger partial charge in [0.05, 0.1) is 6.61 Å². The molecule has 0 saturated heterocycles. The van der Waals surface area contributed by atoms with Gasteiger partial charge in [-0.25, -0.2) is 0 Å². The molecule has 84 valence electrons. The van der Waals surface area contributed by atoms with E-state index in [1.54, 1.807) is 0 Å². The Labute approximate surface area is 95.5 Å². The molecule has 0 unspecified atom stereocenters. The molecule has 2 aromatic rings. The van der Waals surface area contributed by atoms with E-state index in [-0.39, 0.29) is 0 Å². The fourth-order valence-electron chi connectivity index (χ4n) is 1.93. The zero-order chi connectivity index (χ0) is 11.5. The number of hydrogen-bond donors (Lipinski definition) is 1. The van der Waals surface area contributed by atoms with Gasteiger partial charge in [-0.1, -0.05) is 31.2 Å². The molecule has 0 amide bonds. The number of ether oxygens (including phenoxy) is 1. The van der Waals surface area contributed by atoms with Crippen molar-refractivity contribution in [2.45, 2.75) is 20.3 Å². The van der Waals surface area contributed by atoms with Crippen molar-refractivity contribution in [1.82, 2.24) is 0 Å². The SMILES string of the molecule is CCOc1cc(CC)c(O)c2ccccc12. The van der Waals surface area contributed by atoms with E-state index in [0.29, 0.717) is 12.4 Å². The summed E-state index contributed by atoms with van der Waals surface area (Å²) in [6.07, 6.45) is 0.802. The molecule has 0 bridgehead atoms. The standard InChI is InChI=1S/C14H16O2/c1-3-10-9-13(16-4-2)11-7-5-6-8-12(11)14(10)15/h5-9,15H,3-4H2,1-2H3. The van der Waals surface area contributed by atoms with Gasteiger partial charge in [-0.2, -0.15) is 0 Å². The predicted molar refractivity (Wildman–Crippen MR) is 66.2 cm³/mol. The van der Waals surface area contributed by atoms with Crippen molar-refractivity contribution in [2.24, 2.45) is 0 Å². The molecule has 0 aliphatic rings. The van der Waals surface area contributed by atoms with Crippen molar-refractivity contribution in [3.8, 4) is 11.5 Å². The van der Waals surface area contributed by atoms with Crippen molar-refractivity contribution in [2.75, 3.05) is 6.61 Å². The van der Waals surface area contributed by atoms with Crippen LogP contribution >= 0.6 is 0 Å². The molecule has 0 radical (unpaired) electrons. The normalized spacial score (nSPS) is 10.6. The predicted octanol–water partition coefficient (Wildman–Crippen LogP) is 3.51. The Balaban J connectivity index is 2.74. The molecule has 0 aromatic heterocycles. The Morgan fingerprint density at radius 3 is 2.44 bits per heavy atom. The topological polar surface area (TPSA) is 29.5 Å². The quantitative estimate of drug-likeness (QED) is 0.850. The maximum atomic E-state index is 10.1. The van der Waals surface area contributed by atoms with Crippen LogP contribution in [0.1, 0.15) is 19.4 Å². The number of aryl methyl sites for hydroxylation is 1. The summed E-state index contributed by atoms with van der Waals surface area (Å²) < 4.78 is 5.61. The fourth-order valence-corrected chi connectivity index (χ4v) is 1.93. The van der Waals surface area contributed by atoms with Crippen LogP contribution in [0.4, 0.5) is 0 Å². The van der Waals surface area contributed by atoms with E-state index in [2.05, 4.69) is 0 Å².